The summed E-state index contributed by atoms with van der Waals surface area (Å²) < 4.78 is 5.54. The number of nitrogens with two attached hydrogens (primary N) is 2. The van der Waals surface area contributed by atoms with E-state index in [-0.39, 0.29) is 19.1 Å². The van der Waals surface area contributed by atoms with Gasteiger partial charge in [0.15, 0.2) is 0 Å². The number of pyridine rings is 1. The largest absolute Gasteiger partial charge is 0.397 e. The van der Waals surface area contributed by atoms with Gasteiger partial charge >= 0.3 is 0 Å². The summed E-state index contributed by atoms with van der Waals surface area (Å²) in [4.78, 5) is 29.9. The number of rotatable bonds is 7. The van der Waals surface area contributed by atoms with Gasteiger partial charge in [0, 0.05) is 17.4 Å². The van der Waals surface area contributed by atoms with Crippen molar-refractivity contribution in [3.05, 3.63) is 84.2 Å². The summed E-state index contributed by atoms with van der Waals surface area (Å²) in [7, 11) is 0. The van der Waals surface area contributed by atoms with Crippen molar-refractivity contribution >= 4 is 28.9 Å². The highest BCUT2D eigenvalue weighted by Gasteiger charge is 2.20. The highest BCUT2D eigenvalue weighted by molar-refractivity contribution is 6.04. The number of nitrogens with zero attached hydrogens (tertiary/aromatic N) is 2. The molecule has 0 spiro atoms. The van der Waals surface area contributed by atoms with Crippen LogP contribution in [0.4, 0.5) is 17.1 Å². The fraction of sp³-hybridized carbons (Fsp3) is 0.0952. The molecule has 3 aromatic rings. The van der Waals surface area contributed by atoms with Crippen LogP contribution in [-0.2, 0) is 16.1 Å². The molecule has 28 heavy (non-hydrogen) atoms. The van der Waals surface area contributed by atoms with Gasteiger partial charge in [-0.15, -0.1) is 0 Å². The van der Waals surface area contributed by atoms with Crippen LogP contribution in [0, 0.1) is 0 Å². The Hall–Kier alpha value is -3.71. The molecule has 7 heteroatoms. The van der Waals surface area contributed by atoms with Gasteiger partial charge in [0.1, 0.15) is 6.61 Å². The third kappa shape index (κ3) is 4.52. The minimum atomic E-state index is -0.539. The first-order chi connectivity index (χ1) is 13.6. The third-order valence-electron chi connectivity index (χ3n) is 4.04. The molecular weight excluding hydrogens is 356 g/mol. The third-order valence-corrected chi connectivity index (χ3v) is 4.04. The van der Waals surface area contributed by atoms with E-state index >= 15 is 0 Å². The van der Waals surface area contributed by atoms with E-state index in [1.807, 2.05) is 18.2 Å². The molecule has 0 radical (unpaired) electrons. The van der Waals surface area contributed by atoms with Gasteiger partial charge < -0.3 is 16.2 Å². The summed E-state index contributed by atoms with van der Waals surface area (Å²) in [5.41, 5.74) is 14.0. The Labute approximate surface area is 162 Å². The second-order valence-electron chi connectivity index (χ2n) is 6.01. The number of para-hydroxylation sites is 2. The molecule has 0 unspecified atom stereocenters. The maximum Gasteiger partial charge on any atom is 0.257 e. The Bertz CT molecular complexity index is 959. The van der Waals surface area contributed by atoms with E-state index < -0.39 is 5.91 Å². The Morgan fingerprint density at radius 2 is 1.68 bits per heavy atom. The molecule has 2 aromatic carbocycles. The summed E-state index contributed by atoms with van der Waals surface area (Å²) in [5.74, 6) is -0.844. The number of nitrogen functional groups attached to an aromatic ring is 1. The van der Waals surface area contributed by atoms with Crippen LogP contribution in [0.1, 0.15) is 16.1 Å². The number of hydrogen-bond donors (Lipinski definition) is 2. The topological polar surface area (TPSA) is 112 Å². The van der Waals surface area contributed by atoms with Crippen molar-refractivity contribution in [2.45, 2.75) is 6.61 Å². The maximum atomic E-state index is 12.9. The van der Waals surface area contributed by atoms with Crippen molar-refractivity contribution in [1.29, 1.82) is 0 Å². The first-order valence-electron chi connectivity index (χ1n) is 8.61. The first kappa shape index (κ1) is 19.1. The SMILES string of the molecule is NC(=O)c1ccc(N(C(=O)COCc2ccccn2)c2ccccc2N)cc1. The normalized spacial score (nSPS) is 10.4. The van der Waals surface area contributed by atoms with E-state index in [1.165, 1.54) is 4.90 Å². The lowest BCUT2D eigenvalue weighted by Gasteiger charge is -2.24. The second kappa shape index (κ2) is 8.79. The minimum absolute atomic E-state index is 0.164. The number of amides is 2. The lowest BCUT2D eigenvalue weighted by Crippen LogP contribution is -2.30. The van der Waals surface area contributed by atoms with Crippen LogP contribution in [0.3, 0.4) is 0 Å². The lowest BCUT2D eigenvalue weighted by molar-refractivity contribution is -0.122. The number of aromatic nitrogens is 1. The Morgan fingerprint density at radius 3 is 2.32 bits per heavy atom. The molecule has 3 rings (SSSR count). The zero-order chi connectivity index (χ0) is 19.9. The molecule has 7 nitrogen and oxygen atoms in total. The van der Waals surface area contributed by atoms with Crippen LogP contribution in [0.5, 0.6) is 0 Å². The van der Waals surface area contributed by atoms with E-state index in [2.05, 4.69) is 4.98 Å². The molecule has 142 valence electrons. The number of carbonyl (C=O) groups is 2. The van der Waals surface area contributed by atoms with Gasteiger partial charge in [-0.2, -0.15) is 0 Å². The van der Waals surface area contributed by atoms with Gasteiger partial charge in [-0.3, -0.25) is 19.5 Å². The van der Waals surface area contributed by atoms with Crippen molar-refractivity contribution in [2.75, 3.05) is 17.2 Å². The van der Waals surface area contributed by atoms with Gasteiger partial charge in [-0.1, -0.05) is 18.2 Å². The number of primary amides is 1. The molecule has 1 aromatic heterocycles. The zero-order valence-corrected chi connectivity index (χ0v) is 15.1. The van der Waals surface area contributed by atoms with Gasteiger partial charge in [0.2, 0.25) is 5.91 Å². The van der Waals surface area contributed by atoms with Gasteiger partial charge in [0.25, 0.3) is 5.91 Å². The van der Waals surface area contributed by atoms with Crippen LogP contribution in [0.2, 0.25) is 0 Å². The Morgan fingerprint density at radius 1 is 0.964 bits per heavy atom. The average Bonchev–Trinajstić information content (AvgIpc) is 2.71. The fourth-order valence-corrected chi connectivity index (χ4v) is 2.67. The smallest absolute Gasteiger partial charge is 0.257 e. The molecule has 0 saturated carbocycles. The predicted molar refractivity (Wildman–Crippen MR) is 107 cm³/mol. The summed E-state index contributed by atoms with van der Waals surface area (Å²) >= 11 is 0. The van der Waals surface area contributed by atoms with Crippen LogP contribution < -0.4 is 16.4 Å². The number of benzene rings is 2. The van der Waals surface area contributed by atoms with Crippen molar-refractivity contribution in [1.82, 2.24) is 4.98 Å². The molecule has 2 amide bonds. The summed E-state index contributed by atoms with van der Waals surface area (Å²) in [6.07, 6.45) is 1.66. The Balaban J connectivity index is 1.82. The lowest BCUT2D eigenvalue weighted by atomic mass is 10.1. The quantitative estimate of drug-likeness (QED) is 0.616. The average molecular weight is 376 g/mol. The number of ether oxygens (including phenoxy) is 1. The van der Waals surface area contributed by atoms with E-state index in [0.717, 1.165) is 5.69 Å². The molecule has 0 atom stereocenters. The standard InChI is InChI=1S/C21H20N4O3/c22-18-6-1-2-7-19(18)25(17-10-8-15(9-11-17)21(23)27)20(26)14-28-13-16-5-3-4-12-24-16/h1-12H,13-14,22H2,(H2,23,27). The van der Waals surface area contributed by atoms with Crippen LogP contribution >= 0.6 is 0 Å². The van der Waals surface area contributed by atoms with Gasteiger partial charge in [-0.05, 0) is 48.5 Å². The molecule has 1 heterocycles. The van der Waals surface area contributed by atoms with Gasteiger partial charge in [0.05, 0.1) is 23.7 Å². The van der Waals surface area contributed by atoms with Crippen LogP contribution in [0.25, 0.3) is 0 Å². The molecule has 0 aliphatic heterocycles. The second-order valence-corrected chi connectivity index (χ2v) is 6.01. The predicted octanol–water partition coefficient (Wildman–Crippen LogP) is 2.64. The molecule has 0 aliphatic carbocycles. The minimum Gasteiger partial charge on any atom is -0.397 e. The van der Waals surface area contributed by atoms with E-state index in [0.29, 0.717) is 22.6 Å². The van der Waals surface area contributed by atoms with Crippen LogP contribution in [0.15, 0.2) is 72.9 Å². The monoisotopic (exact) mass is 376 g/mol. The van der Waals surface area contributed by atoms with E-state index in [4.69, 9.17) is 16.2 Å². The molecule has 0 aliphatic rings. The zero-order valence-electron chi connectivity index (χ0n) is 15.1. The van der Waals surface area contributed by atoms with Crippen molar-refractivity contribution in [2.24, 2.45) is 5.73 Å². The fourth-order valence-electron chi connectivity index (χ4n) is 2.67. The molecule has 0 saturated heterocycles. The molecule has 4 N–H and O–H groups in total. The summed E-state index contributed by atoms with van der Waals surface area (Å²) in [5, 5.41) is 0. The molecule has 0 bridgehead atoms. The first-order valence-corrected chi connectivity index (χ1v) is 8.61. The van der Waals surface area contributed by atoms with Crippen molar-refractivity contribution in [3.63, 3.8) is 0 Å². The molecule has 0 fully saturated rings. The maximum absolute atomic E-state index is 12.9. The van der Waals surface area contributed by atoms with E-state index in [9.17, 15) is 9.59 Å². The summed E-state index contributed by atoms with van der Waals surface area (Å²) in [6, 6.07) is 18.9. The van der Waals surface area contributed by atoms with E-state index in [1.54, 1.807) is 54.7 Å². The highest BCUT2D eigenvalue weighted by atomic mass is 16.5. The van der Waals surface area contributed by atoms with Crippen molar-refractivity contribution in [3.8, 4) is 0 Å². The van der Waals surface area contributed by atoms with Gasteiger partial charge in [-0.25, -0.2) is 0 Å². The number of anilines is 3. The van der Waals surface area contributed by atoms with Crippen molar-refractivity contribution < 1.29 is 14.3 Å². The Kier molecular flexibility index (Phi) is 5.98. The number of hydrogen-bond acceptors (Lipinski definition) is 5. The molecular formula is C21H20N4O3. The highest BCUT2D eigenvalue weighted by Crippen LogP contribution is 2.30. The number of carbonyl (C=O) groups excluding carboxylic acids is 2. The van der Waals surface area contributed by atoms with Crippen LogP contribution in [-0.4, -0.2) is 23.4 Å². The summed E-state index contributed by atoms with van der Waals surface area (Å²) in [6.45, 7) is 0.0494.